The summed E-state index contributed by atoms with van der Waals surface area (Å²) in [6.07, 6.45) is 9.73. The fourth-order valence-corrected chi connectivity index (χ4v) is 1.12. The van der Waals surface area contributed by atoms with Crippen LogP contribution < -0.4 is 5.32 Å². The van der Waals surface area contributed by atoms with Crippen molar-refractivity contribution in [2.45, 2.75) is 12.5 Å². The first kappa shape index (κ1) is 8.82. The molecular formula is C9H13N3. The Morgan fingerprint density at radius 1 is 1.83 bits per heavy atom. The Morgan fingerprint density at radius 2 is 2.58 bits per heavy atom. The van der Waals surface area contributed by atoms with Crippen molar-refractivity contribution in [3.63, 3.8) is 0 Å². The molecule has 12 heavy (non-hydrogen) atoms. The van der Waals surface area contributed by atoms with Crippen molar-refractivity contribution < 1.29 is 0 Å². The highest BCUT2D eigenvalue weighted by atomic mass is 15.2. The van der Waals surface area contributed by atoms with Gasteiger partial charge in [0.1, 0.15) is 0 Å². The van der Waals surface area contributed by atoms with Crippen LogP contribution in [0.2, 0.25) is 0 Å². The monoisotopic (exact) mass is 163 g/mol. The minimum atomic E-state index is 0.226. The van der Waals surface area contributed by atoms with E-state index in [1.165, 1.54) is 0 Å². The molecule has 0 saturated carbocycles. The highest BCUT2D eigenvalue weighted by molar-refractivity contribution is 5.12. The van der Waals surface area contributed by atoms with E-state index in [1.807, 2.05) is 26.5 Å². The van der Waals surface area contributed by atoms with Crippen molar-refractivity contribution >= 4 is 0 Å². The zero-order valence-corrected chi connectivity index (χ0v) is 7.41. The topological polar surface area (TPSA) is 29.9 Å². The smallest absolute Gasteiger partial charge is 0.0537 e. The number of hydrogen-bond acceptors (Lipinski definition) is 2. The van der Waals surface area contributed by atoms with Gasteiger partial charge in [0.25, 0.3) is 0 Å². The molecule has 3 nitrogen and oxygen atoms in total. The molecule has 64 valence electrons. The van der Waals surface area contributed by atoms with Crippen molar-refractivity contribution in [2.24, 2.45) is 7.05 Å². The van der Waals surface area contributed by atoms with Gasteiger partial charge in [-0.2, -0.15) is 5.10 Å². The Hall–Kier alpha value is -1.27. The minimum absolute atomic E-state index is 0.226. The molecule has 0 fully saturated rings. The van der Waals surface area contributed by atoms with Gasteiger partial charge in [0.2, 0.25) is 0 Å². The van der Waals surface area contributed by atoms with Gasteiger partial charge < -0.3 is 5.32 Å². The molecule has 0 aliphatic rings. The average molecular weight is 163 g/mol. The largest absolute Gasteiger partial charge is 0.312 e. The van der Waals surface area contributed by atoms with Gasteiger partial charge in [0.15, 0.2) is 0 Å². The van der Waals surface area contributed by atoms with Crippen LogP contribution in [0.3, 0.4) is 0 Å². The maximum Gasteiger partial charge on any atom is 0.0537 e. The fraction of sp³-hybridized carbons (Fsp3) is 0.444. The van der Waals surface area contributed by atoms with Crippen LogP contribution >= 0.6 is 0 Å². The van der Waals surface area contributed by atoms with Crippen molar-refractivity contribution in [3.05, 3.63) is 18.0 Å². The summed E-state index contributed by atoms with van der Waals surface area (Å²) >= 11 is 0. The Balaban J connectivity index is 2.74. The molecule has 1 aromatic rings. The summed E-state index contributed by atoms with van der Waals surface area (Å²) in [5.74, 6) is 2.63. The van der Waals surface area contributed by atoms with Gasteiger partial charge in [-0.1, -0.05) is 0 Å². The van der Waals surface area contributed by atoms with E-state index in [0.717, 1.165) is 5.56 Å². The summed E-state index contributed by atoms with van der Waals surface area (Å²) in [5.41, 5.74) is 1.14. The molecule has 1 N–H and O–H groups in total. The number of aromatic nitrogens is 2. The van der Waals surface area contributed by atoms with E-state index in [1.54, 1.807) is 4.68 Å². The lowest BCUT2D eigenvalue weighted by molar-refractivity contribution is 0.610. The second kappa shape index (κ2) is 3.93. The molecule has 3 heteroatoms. The molecule has 0 amide bonds. The number of hydrogen-bond donors (Lipinski definition) is 1. The molecule has 1 heterocycles. The number of aryl methyl sites for hydroxylation is 1. The summed E-state index contributed by atoms with van der Waals surface area (Å²) in [6.45, 7) is 0. The van der Waals surface area contributed by atoms with Crippen molar-refractivity contribution in [1.82, 2.24) is 15.1 Å². The Morgan fingerprint density at radius 3 is 3.00 bits per heavy atom. The Bertz CT molecular complexity index is 282. The third-order valence-electron chi connectivity index (χ3n) is 1.80. The molecule has 0 aromatic carbocycles. The summed E-state index contributed by atoms with van der Waals surface area (Å²) in [5, 5.41) is 7.21. The lowest BCUT2D eigenvalue weighted by Gasteiger charge is -2.09. The van der Waals surface area contributed by atoms with E-state index in [0.29, 0.717) is 6.42 Å². The highest BCUT2D eigenvalue weighted by Gasteiger charge is 2.08. The molecule has 0 aliphatic heterocycles. The maximum atomic E-state index is 5.23. The molecular weight excluding hydrogens is 150 g/mol. The summed E-state index contributed by atoms with van der Waals surface area (Å²) in [6, 6.07) is 0.226. The summed E-state index contributed by atoms with van der Waals surface area (Å²) in [4.78, 5) is 0. The zero-order chi connectivity index (χ0) is 8.97. The first-order chi connectivity index (χ1) is 5.77. The van der Waals surface area contributed by atoms with E-state index in [4.69, 9.17) is 6.42 Å². The highest BCUT2D eigenvalue weighted by Crippen LogP contribution is 2.13. The second-order valence-electron chi connectivity index (χ2n) is 2.70. The SMILES string of the molecule is C#CCC(NC)c1cnn(C)c1. The van der Waals surface area contributed by atoms with Crippen molar-refractivity contribution in [3.8, 4) is 12.3 Å². The third kappa shape index (κ3) is 1.86. The van der Waals surface area contributed by atoms with E-state index in [2.05, 4.69) is 16.3 Å². The van der Waals surface area contributed by atoms with Gasteiger partial charge in [-0.3, -0.25) is 4.68 Å². The molecule has 0 radical (unpaired) electrons. The van der Waals surface area contributed by atoms with Gasteiger partial charge >= 0.3 is 0 Å². The van der Waals surface area contributed by atoms with Crippen LogP contribution in [0, 0.1) is 12.3 Å². The van der Waals surface area contributed by atoms with Gasteiger partial charge in [-0.05, 0) is 7.05 Å². The fourth-order valence-electron chi connectivity index (χ4n) is 1.12. The number of terminal acetylenes is 1. The van der Waals surface area contributed by atoms with Crippen LogP contribution in [-0.4, -0.2) is 16.8 Å². The predicted molar refractivity (Wildman–Crippen MR) is 48.5 cm³/mol. The second-order valence-corrected chi connectivity index (χ2v) is 2.70. The van der Waals surface area contributed by atoms with Crippen LogP contribution in [0.5, 0.6) is 0 Å². The van der Waals surface area contributed by atoms with E-state index in [9.17, 15) is 0 Å². The third-order valence-corrected chi connectivity index (χ3v) is 1.80. The van der Waals surface area contributed by atoms with Crippen LogP contribution in [0.4, 0.5) is 0 Å². The first-order valence-corrected chi connectivity index (χ1v) is 3.87. The van der Waals surface area contributed by atoms with Gasteiger partial charge in [-0.15, -0.1) is 12.3 Å². The van der Waals surface area contributed by atoms with Gasteiger partial charge in [0.05, 0.1) is 6.20 Å². The Kier molecular flexibility index (Phi) is 2.89. The van der Waals surface area contributed by atoms with Crippen LogP contribution in [0.15, 0.2) is 12.4 Å². The molecule has 1 aromatic heterocycles. The normalized spacial score (nSPS) is 12.4. The van der Waals surface area contributed by atoms with Crippen LogP contribution in [0.1, 0.15) is 18.0 Å². The summed E-state index contributed by atoms with van der Waals surface area (Å²) in [7, 11) is 3.79. The van der Waals surface area contributed by atoms with Crippen LogP contribution in [-0.2, 0) is 7.05 Å². The van der Waals surface area contributed by atoms with Crippen molar-refractivity contribution in [2.75, 3.05) is 7.05 Å². The quantitative estimate of drug-likeness (QED) is 0.665. The van der Waals surface area contributed by atoms with Gasteiger partial charge in [-0.25, -0.2) is 0 Å². The Labute approximate surface area is 72.8 Å². The lowest BCUT2D eigenvalue weighted by Crippen LogP contribution is -2.14. The first-order valence-electron chi connectivity index (χ1n) is 3.87. The maximum absolute atomic E-state index is 5.23. The standard InChI is InChI=1S/C9H13N3/c1-4-5-9(10-2)8-6-11-12(3)7-8/h1,6-7,9-10H,5H2,2-3H3. The average Bonchev–Trinajstić information content (AvgIpc) is 2.47. The molecule has 0 aliphatic carbocycles. The van der Waals surface area contributed by atoms with E-state index >= 15 is 0 Å². The predicted octanol–water partition coefficient (Wildman–Crippen LogP) is 0.704. The number of nitrogens with zero attached hydrogens (tertiary/aromatic N) is 2. The molecule has 1 rings (SSSR count). The molecule has 0 spiro atoms. The summed E-state index contributed by atoms with van der Waals surface area (Å²) < 4.78 is 1.77. The molecule has 0 bridgehead atoms. The molecule has 0 saturated heterocycles. The van der Waals surface area contributed by atoms with Crippen molar-refractivity contribution in [1.29, 1.82) is 0 Å². The molecule has 1 unspecified atom stereocenters. The van der Waals surface area contributed by atoms with Gasteiger partial charge in [0, 0.05) is 31.3 Å². The van der Waals surface area contributed by atoms with E-state index in [-0.39, 0.29) is 6.04 Å². The lowest BCUT2D eigenvalue weighted by atomic mass is 10.1. The minimum Gasteiger partial charge on any atom is -0.312 e. The van der Waals surface area contributed by atoms with E-state index < -0.39 is 0 Å². The molecule has 1 atom stereocenters. The van der Waals surface area contributed by atoms with Crippen LogP contribution in [0.25, 0.3) is 0 Å². The number of rotatable bonds is 3. The zero-order valence-electron chi connectivity index (χ0n) is 7.41. The number of nitrogens with one attached hydrogen (secondary N) is 1.